The summed E-state index contributed by atoms with van der Waals surface area (Å²) in [5, 5.41) is 11.3. The molecule has 0 saturated heterocycles. The van der Waals surface area contributed by atoms with Crippen LogP contribution in [0.5, 0.6) is 0 Å². The van der Waals surface area contributed by atoms with Crippen molar-refractivity contribution < 1.29 is 18.7 Å². The number of hydrogen-bond acceptors (Lipinski definition) is 2. The van der Waals surface area contributed by atoms with Crippen LogP contribution in [0.25, 0.3) is 0 Å². The standard InChI is InChI=1S/C11H13F2NO2/c12-9-5-4-8(7-10(9)13)14-6-2-1-3-11(15)16/h4-5,7,14H,1-3,6H2,(H,15,16). The molecule has 0 amide bonds. The Hall–Kier alpha value is -1.65. The van der Waals surface area contributed by atoms with Crippen LogP contribution < -0.4 is 5.32 Å². The summed E-state index contributed by atoms with van der Waals surface area (Å²) in [4.78, 5) is 10.2. The third-order valence-corrected chi connectivity index (χ3v) is 2.07. The first kappa shape index (κ1) is 12.4. The number of carboxylic acids is 1. The molecule has 0 aromatic heterocycles. The minimum Gasteiger partial charge on any atom is -0.481 e. The molecule has 0 bridgehead atoms. The number of nitrogens with one attached hydrogen (secondary N) is 1. The average Bonchev–Trinajstić information content (AvgIpc) is 2.22. The second-order valence-corrected chi connectivity index (χ2v) is 3.41. The van der Waals surface area contributed by atoms with Crippen LogP contribution in [-0.2, 0) is 4.79 Å². The van der Waals surface area contributed by atoms with E-state index in [1.165, 1.54) is 6.07 Å². The summed E-state index contributed by atoms with van der Waals surface area (Å²) in [6, 6.07) is 3.57. The van der Waals surface area contributed by atoms with Crippen molar-refractivity contribution in [1.29, 1.82) is 0 Å². The molecule has 0 unspecified atom stereocenters. The Bertz CT molecular complexity index is 369. The van der Waals surface area contributed by atoms with Crippen molar-refractivity contribution >= 4 is 11.7 Å². The molecule has 0 heterocycles. The minimum atomic E-state index is -0.893. The van der Waals surface area contributed by atoms with Crippen molar-refractivity contribution in [2.24, 2.45) is 0 Å². The van der Waals surface area contributed by atoms with Gasteiger partial charge in [0, 0.05) is 18.7 Å². The topological polar surface area (TPSA) is 49.3 Å². The van der Waals surface area contributed by atoms with Crippen LogP contribution in [0.2, 0.25) is 0 Å². The Morgan fingerprint density at radius 3 is 2.62 bits per heavy atom. The fraction of sp³-hybridized carbons (Fsp3) is 0.364. The van der Waals surface area contributed by atoms with Gasteiger partial charge in [0.1, 0.15) is 0 Å². The van der Waals surface area contributed by atoms with Crippen molar-refractivity contribution in [2.45, 2.75) is 19.3 Å². The minimum absolute atomic E-state index is 0.124. The third kappa shape index (κ3) is 4.25. The van der Waals surface area contributed by atoms with Gasteiger partial charge in [0.25, 0.3) is 0 Å². The van der Waals surface area contributed by atoms with Crippen molar-refractivity contribution in [3.05, 3.63) is 29.8 Å². The maximum Gasteiger partial charge on any atom is 0.303 e. The zero-order valence-electron chi connectivity index (χ0n) is 8.67. The lowest BCUT2D eigenvalue weighted by Gasteiger charge is -2.05. The van der Waals surface area contributed by atoms with Gasteiger partial charge in [-0.3, -0.25) is 4.79 Å². The summed E-state index contributed by atoms with van der Waals surface area (Å²) < 4.78 is 25.3. The molecule has 0 radical (unpaired) electrons. The number of anilines is 1. The Labute approximate surface area is 92.1 Å². The molecule has 1 aromatic carbocycles. The van der Waals surface area contributed by atoms with E-state index < -0.39 is 17.6 Å². The lowest BCUT2D eigenvalue weighted by Crippen LogP contribution is -2.03. The largest absolute Gasteiger partial charge is 0.481 e. The molecule has 0 fully saturated rings. The molecule has 0 spiro atoms. The lowest BCUT2D eigenvalue weighted by molar-refractivity contribution is -0.137. The molecule has 16 heavy (non-hydrogen) atoms. The Morgan fingerprint density at radius 2 is 2.00 bits per heavy atom. The molecule has 1 aromatic rings. The highest BCUT2D eigenvalue weighted by molar-refractivity contribution is 5.66. The summed E-state index contributed by atoms with van der Waals surface area (Å²) in [5.74, 6) is -2.60. The maximum atomic E-state index is 12.8. The van der Waals surface area contributed by atoms with Crippen molar-refractivity contribution in [3.63, 3.8) is 0 Å². The molecule has 0 saturated carbocycles. The monoisotopic (exact) mass is 229 g/mol. The highest BCUT2D eigenvalue weighted by Crippen LogP contribution is 2.13. The predicted octanol–water partition coefficient (Wildman–Crippen LogP) is 2.63. The predicted molar refractivity (Wildman–Crippen MR) is 56.3 cm³/mol. The van der Waals surface area contributed by atoms with E-state index in [0.29, 0.717) is 25.1 Å². The first-order valence-electron chi connectivity index (χ1n) is 5.00. The Kier molecular flexibility index (Phi) is 4.69. The summed E-state index contributed by atoms with van der Waals surface area (Å²) in [7, 11) is 0. The van der Waals surface area contributed by atoms with E-state index in [2.05, 4.69) is 5.32 Å². The molecule has 3 nitrogen and oxygen atoms in total. The first-order chi connectivity index (χ1) is 7.59. The van der Waals surface area contributed by atoms with Gasteiger partial charge in [-0.2, -0.15) is 0 Å². The fourth-order valence-electron chi connectivity index (χ4n) is 1.24. The van der Waals surface area contributed by atoms with E-state index in [1.807, 2.05) is 0 Å². The number of aliphatic carboxylic acids is 1. The van der Waals surface area contributed by atoms with Gasteiger partial charge in [0.15, 0.2) is 11.6 Å². The van der Waals surface area contributed by atoms with Gasteiger partial charge in [0.2, 0.25) is 0 Å². The first-order valence-corrected chi connectivity index (χ1v) is 5.00. The smallest absolute Gasteiger partial charge is 0.303 e. The van der Waals surface area contributed by atoms with E-state index in [1.54, 1.807) is 0 Å². The van der Waals surface area contributed by atoms with E-state index in [9.17, 15) is 13.6 Å². The van der Waals surface area contributed by atoms with Crippen molar-refractivity contribution in [3.8, 4) is 0 Å². The van der Waals surface area contributed by atoms with Crippen molar-refractivity contribution in [1.82, 2.24) is 0 Å². The summed E-state index contributed by atoms with van der Waals surface area (Å²) in [5.41, 5.74) is 0.495. The molecule has 5 heteroatoms. The molecule has 0 aliphatic heterocycles. The lowest BCUT2D eigenvalue weighted by atomic mass is 10.2. The van der Waals surface area contributed by atoms with E-state index in [4.69, 9.17) is 5.11 Å². The Balaban J connectivity index is 2.27. The van der Waals surface area contributed by atoms with Crippen LogP contribution in [0.15, 0.2) is 18.2 Å². The summed E-state index contributed by atoms with van der Waals surface area (Å²) in [6.07, 6.45) is 1.36. The number of carbonyl (C=O) groups is 1. The van der Waals surface area contributed by atoms with Gasteiger partial charge in [-0.15, -0.1) is 0 Å². The van der Waals surface area contributed by atoms with Crippen LogP contribution in [0.4, 0.5) is 14.5 Å². The molecule has 1 rings (SSSR count). The SMILES string of the molecule is O=C(O)CCCCNc1ccc(F)c(F)c1. The van der Waals surface area contributed by atoms with E-state index >= 15 is 0 Å². The summed E-state index contributed by atoms with van der Waals surface area (Å²) >= 11 is 0. The van der Waals surface area contributed by atoms with Crippen molar-refractivity contribution in [2.75, 3.05) is 11.9 Å². The number of benzene rings is 1. The van der Waals surface area contributed by atoms with Crippen LogP contribution in [-0.4, -0.2) is 17.6 Å². The van der Waals surface area contributed by atoms with Crippen LogP contribution >= 0.6 is 0 Å². The molecule has 0 aliphatic carbocycles. The van der Waals surface area contributed by atoms with Gasteiger partial charge in [-0.05, 0) is 31.0 Å². The number of hydrogen-bond donors (Lipinski definition) is 2. The third-order valence-electron chi connectivity index (χ3n) is 2.07. The quantitative estimate of drug-likeness (QED) is 0.737. The second-order valence-electron chi connectivity index (χ2n) is 3.41. The van der Waals surface area contributed by atoms with Gasteiger partial charge in [-0.1, -0.05) is 0 Å². The van der Waals surface area contributed by atoms with E-state index in [0.717, 1.165) is 12.1 Å². The molecule has 0 aliphatic rings. The number of rotatable bonds is 6. The molecular formula is C11H13F2NO2. The van der Waals surface area contributed by atoms with Crippen LogP contribution in [0.3, 0.4) is 0 Å². The zero-order chi connectivity index (χ0) is 12.0. The highest BCUT2D eigenvalue weighted by atomic mass is 19.2. The van der Waals surface area contributed by atoms with Gasteiger partial charge in [0.05, 0.1) is 0 Å². The van der Waals surface area contributed by atoms with Crippen LogP contribution in [0, 0.1) is 11.6 Å². The van der Waals surface area contributed by atoms with Crippen LogP contribution in [0.1, 0.15) is 19.3 Å². The maximum absolute atomic E-state index is 12.8. The summed E-state index contributed by atoms with van der Waals surface area (Å²) in [6.45, 7) is 0.540. The van der Waals surface area contributed by atoms with Gasteiger partial charge < -0.3 is 10.4 Å². The normalized spacial score (nSPS) is 10.1. The second kappa shape index (κ2) is 6.05. The molecule has 2 N–H and O–H groups in total. The average molecular weight is 229 g/mol. The van der Waals surface area contributed by atoms with Gasteiger partial charge in [-0.25, -0.2) is 8.78 Å². The molecule has 88 valence electrons. The zero-order valence-corrected chi connectivity index (χ0v) is 8.67. The highest BCUT2D eigenvalue weighted by Gasteiger charge is 2.01. The Morgan fingerprint density at radius 1 is 1.25 bits per heavy atom. The van der Waals surface area contributed by atoms with E-state index in [-0.39, 0.29) is 6.42 Å². The van der Waals surface area contributed by atoms with Gasteiger partial charge >= 0.3 is 5.97 Å². The number of carboxylic acid groups (broad SMARTS) is 1. The fourth-order valence-corrected chi connectivity index (χ4v) is 1.24. The number of unbranched alkanes of at least 4 members (excludes halogenated alkanes) is 1. The number of halogens is 2. The molecule has 0 atom stereocenters. The molecular weight excluding hydrogens is 216 g/mol.